The monoisotopic (exact) mass is 402 g/mol. The fourth-order valence-corrected chi connectivity index (χ4v) is 3.95. The van der Waals surface area contributed by atoms with E-state index >= 15 is 0 Å². The summed E-state index contributed by atoms with van der Waals surface area (Å²) in [6, 6.07) is 0. The number of aliphatic hydroxyl groups excluding tert-OH is 1. The second-order valence-electron chi connectivity index (χ2n) is 8.44. The van der Waals surface area contributed by atoms with Crippen LogP contribution in [0.1, 0.15) is 74.2 Å². The summed E-state index contributed by atoms with van der Waals surface area (Å²) in [5.74, 6) is -0.677. The molecular formula is C21H26N2O6. The number of hydrogen-bond donors (Lipinski definition) is 2. The zero-order valence-electron chi connectivity index (χ0n) is 16.8. The van der Waals surface area contributed by atoms with Crippen molar-refractivity contribution in [2.45, 2.75) is 65.2 Å². The van der Waals surface area contributed by atoms with Gasteiger partial charge in [0.25, 0.3) is 0 Å². The van der Waals surface area contributed by atoms with Crippen molar-refractivity contribution in [2.75, 3.05) is 6.54 Å². The number of carboxylic acids is 1. The van der Waals surface area contributed by atoms with Gasteiger partial charge in [-0.1, -0.05) is 19.0 Å². The molecule has 8 nitrogen and oxygen atoms in total. The molecule has 2 aliphatic rings. The van der Waals surface area contributed by atoms with E-state index < -0.39 is 5.97 Å². The highest BCUT2D eigenvalue weighted by molar-refractivity contribution is 6.24. The van der Waals surface area contributed by atoms with Crippen LogP contribution in [0.15, 0.2) is 20.8 Å². The lowest BCUT2D eigenvalue weighted by Crippen LogP contribution is -2.26. The third kappa shape index (κ3) is 4.81. The van der Waals surface area contributed by atoms with Gasteiger partial charge in [0.05, 0.1) is 23.3 Å². The molecule has 0 unspecified atom stereocenters. The van der Waals surface area contributed by atoms with Crippen LogP contribution in [-0.2, 0) is 22.4 Å². The number of aliphatic hydroxyl groups is 1. The van der Waals surface area contributed by atoms with Gasteiger partial charge in [-0.15, -0.1) is 0 Å². The minimum atomic E-state index is -0.963. The first-order chi connectivity index (χ1) is 13.7. The van der Waals surface area contributed by atoms with Crippen LogP contribution in [0, 0.1) is 5.41 Å². The summed E-state index contributed by atoms with van der Waals surface area (Å²) < 4.78 is 5.37. The average Bonchev–Trinajstić information content (AvgIpc) is 3.01. The predicted molar refractivity (Wildman–Crippen MR) is 104 cm³/mol. The van der Waals surface area contributed by atoms with E-state index in [9.17, 15) is 19.5 Å². The number of aromatic nitrogens is 1. The van der Waals surface area contributed by atoms with Crippen molar-refractivity contribution < 1.29 is 29.1 Å². The van der Waals surface area contributed by atoms with E-state index in [4.69, 9.17) is 9.63 Å². The summed E-state index contributed by atoms with van der Waals surface area (Å²) >= 11 is 0. The molecule has 0 amide bonds. The van der Waals surface area contributed by atoms with Crippen LogP contribution in [0.4, 0.5) is 0 Å². The molecule has 156 valence electrons. The lowest BCUT2D eigenvalue weighted by Gasteiger charge is -2.26. The zero-order valence-corrected chi connectivity index (χ0v) is 16.8. The third-order valence-electron chi connectivity index (χ3n) is 5.29. The Balaban J connectivity index is 1.78. The standard InChI is InChI=1S/C21H26N2O6/c1-21(2)10-16(26)20-13(23-29-17(20)11-21)6-7-15(25)19-12(4-3-5-14(19)24)22-9-8-18(27)28/h25H,3-11H2,1-2H3,(H,27,28)/b19-15-,22-12?. The molecule has 0 spiro atoms. The van der Waals surface area contributed by atoms with E-state index in [0.717, 1.165) is 0 Å². The number of aryl methyl sites for hydroxylation is 1. The van der Waals surface area contributed by atoms with E-state index in [0.29, 0.717) is 54.8 Å². The molecule has 0 atom stereocenters. The van der Waals surface area contributed by atoms with Crippen LogP contribution in [0.3, 0.4) is 0 Å². The Hall–Kier alpha value is -2.77. The van der Waals surface area contributed by atoms with E-state index in [-0.39, 0.29) is 54.1 Å². The molecule has 0 bridgehead atoms. The number of ketones is 2. The van der Waals surface area contributed by atoms with Crippen molar-refractivity contribution in [3.8, 4) is 0 Å². The van der Waals surface area contributed by atoms with Gasteiger partial charge < -0.3 is 14.7 Å². The number of Topliss-reactive ketones (excluding diaryl/α,β-unsaturated/α-hetero) is 2. The number of carbonyl (C=O) groups excluding carboxylic acids is 2. The highest BCUT2D eigenvalue weighted by atomic mass is 16.5. The molecule has 29 heavy (non-hydrogen) atoms. The topological polar surface area (TPSA) is 130 Å². The predicted octanol–water partition coefficient (Wildman–Crippen LogP) is 3.24. The van der Waals surface area contributed by atoms with Gasteiger partial charge in [0.2, 0.25) is 0 Å². The van der Waals surface area contributed by atoms with Crippen LogP contribution in [0.5, 0.6) is 0 Å². The Morgan fingerprint density at radius 2 is 1.90 bits per heavy atom. The molecule has 1 saturated carbocycles. The van der Waals surface area contributed by atoms with E-state index in [1.165, 1.54) is 0 Å². The second kappa shape index (κ2) is 8.31. The molecule has 2 N–H and O–H groups in total. The van der Waals surface area contributed by atoms with Gasteiger partial charge in [0.15, 0.2) is 11.6 Å². The average molecular weight is 402 g/mol. The Labute approximate surface area is 168 Å². The molecule has 2 aliphatic carbocycles. The third-order valence-corrected chi connectivity index (χ3v) is 5.29. The van der Waals surface area contributed by atoms with E-state index in [1.54, 1.807) is 0 Å². The van der Waals surface area contributed by atoms with Crippen LogP contribution >= 0.6 is 0 Å². The maximum Gasteiger partial charge on any atom is 0.305 e. The molecule has 8 heteroatoms. The van der Waals surface area contributed by atoms with Gasteiger partial charge in [-0.25, -0.2) is 0 Å². The van der Waals surface area contributed by atoms with Crippen molar-refractivity contribution in [3.05, 3.63) is 28.3 Å². The Bertz CT molecular complexity index is 906. The molecule has 1 aromatic heterocycles. The Morgan fingerprint density at radius 3 is 2.62 bits per heavy atom. The SMILES string of the molecule is CC1(C)CC(=O)c2c(CC/C(O)=C3/C(=O)CCCC3=NCCC(=O)O)noc2C1. The zero-order chi connectivity index (χ0) is 21.2. The van der Waals surface area contributed by atoms with Crippen LogP contribution in [0.25, 0.3) is 0 Å². The number of aliphatic carboxylic acids is 1. The summed E-state index contributed by atoms with van der Waals surface area (Å²) in [7, 11) is 0. The van der Waals surface area contributed by atoms with E-state index in [2.05, 4.69) is 10.1 Å². The first-order valence-corrected chi connectivity index (χ1v) is 9.89. The molecule has 1 aromatic rings. The molecule has 0 radical (unpaired) electrons. The normalized spacial score (nSPS) is 21.9. The van der Waals surface area contributed by atoms with Crippen molar-refractivity contribution >= 4 is 23.2 Å². The van der Waals surface area contributed by atoms with Crippen molar-refractivity contribution in [3.63, 3.8) is 0 Å². The molecule has 3 rings (SSSR count). The van der Waals surface area contributed by atoms with E-state index in [1.807, 2.05) is 13.8 Å². The number of aliphatic imine (C=N–C) groups is 1. The first-order valence-electron chi connectivity index (χ1n) is 9.89. The van der Waals surface area contributed by atoms with Crippen molar-refractivity contribution in [1.82, 2.24) is 5.16 Å². The first kappa shape index (κ1) is 21.0. The quantitative estimate of drug-likeness (QED) is 0.552. The number of nitrogens with zero attached hydrogens (tertiary/aromatic N) is 2. The van der Waals surface area contributed by atoms with Gasteiger partial charge in [-0.3, -0.25) is 19.4 Å². The number of rotatable bonds is 6. The lowest BCUT2D eigenvalue weighted by molar-refractivity contribution is -0.136. The summed E-state index contributed by atoms with van der Waals surface area (Å²) in [4.78, 5) is 39.8. The molecule has 0 aromatic carbocycles. The minimum absolute atomic E-state index is 0.00990. The number of carbonyl (C=O) groups is 3. The summed E-state index contributed by atoms with van der Waals surface area (Å²) in [5, 5.41) is 23.4. The highest BCUT2D eigenvalue weighted by Crippen LogP contribution is 2.36. The van der Waals surface area contributed by atoms with Gasteiger partial charge >= 0.3 is 5.97 Å². The molecule has 0 saturated heterocycles. The van der Waals surface area contributed by atoms with Crippen molar-refractivity contribution in [1.29, 1.82) is 0 Å². The molecule has 1 fully saturated rings. The van der Waals surface area contributed by atoms with Crippen LogP contribution in [0.2, 0.25) is 0 Å². The maximum absolute atomic E-state index is 12.5. The van der Waals surface area contributed by atoms with Crippen LogP contribution < -0.4 is 0 Å². The van der Waals surface area contributed by atoms with Gasteiger partial charge in [-0.2, -0.15) is 0 Å². The smallest absolute Gasteiger partial charge is 0.305 e. The van der Waals surface area contributed by atoms with Gasteiger partial charge in [0.1, 0.15) is 11.5 Å². The Morgan fingerprint density at radius 1 is 1.14 bits per heavy atom. The number of fused-ring (bicyclic) bond motifs is 1. The molecule has 0 aliphatic heterocycles. The fraction of sp³-hybridized carbons (Fsp3) is 0.571. The number of carboxylic acid groups (broad SMARTS) is 1. The largest absolute Gasteiger partial charge is 0.511 e. The molecule has 1 heterocycles. The Kier molecular flexibility index (Phi) is 6.00. The summed E-state index contributed by atoms with van der Waals surface area (Å²) in [6.45, 7) is 4.08. The number of allylic oxidation sites excluding steroid dienone is 2. The van der Waals surface area contributed by atoms with Crippen LogP contribution in [-0.4, -0.2) is 45.2 Å². The van der Waals surface area contributed by atoms with Gasteiger partial charge in [0, 0.05) is 44.4 Å². The second-order valence-corrected chi connectivity index (χ2v) is 8.44. The number of hydrogen-bond acceptors (Lipinski definition) is 7. The lowest BCUT2D eigenvalue weighted by atomic mass is 9.76. The summed E-state index contributed by atoms with van der Waals surface area (Å²) in [5.41, 5.74) is 1.49. The highest BCUT2D eigenvalue weighted by Gasteiger charge is 2.36. The minimum Gasteiger partial charge on any atom is -0.511 e. The summed E-state index contributed by atoms with van der Waals surface area (Å²) in [6.07, 6.45) is 2.80. The molecular weight excluding hydrogens is 376 g/mol. The fourth-order valence-electron chi connectivity index (χ4n) is 3.95. The maximum atomic E-state index is 12.5. The van der Waals surface area contributed by atoms with Crippen molar-refractivity contribution in [2.24, 2.45) is 10.4 Å². The van der Waals surface area contributed by atoms with Gasteiger partial charge in [-0.05, 0) is 18.3 Å².